The Labute approximate surface area is 219 Å². The Balaban J connectivity index is 1.58. The Morgan fingerprint density at radius 1 is 1.11 bits per heavy atom. The summed E-state index contributed by atoms with van der Waals surface area (Å²) in [6.07, 6.45) is -9.55. The zero-order valence-corrected chi connectivity index (χ0v) is 21.2. The van der Waals surface area contributed by atoms with Crippen molar-refractivity contribution < 1.29 is 58.9 Å². The maximum atomic E-state index is 12.7. The number of rotatable bonds is 6. The number of ketones is 1. The van der Waals surface area contributed by atoms with E-state index in [1.807, 2.05) is 0 Å². The highest BCUT2D eigenvalue weighted by atomic mass is 16.7. The third-order valence-corrected chi connectivity index (χ3v) is 8.24. The number of ether oxygens (including phenoxy) is 4. The van der Waals surface area contributed by atoms with Gasteiger partial charge in [-0.1, -0.05) is 25.3 Å². The van der Waals surface area contributed by atoms with Crippen LogP contribution in [-0.2, 0) is 33.3 Å². The average molecular weight is 539 g/mol. The molecule has 2 saturated heterocycles. The number of carbonyl (C=O) groups is 3. The molecule has 0 aromatic heterocycles. The number of Topliss-reactive ketones (excluding diaryl/α,β-unsaturated/α-hetero) is 1. The fourth-order valence-corrected chi connectivity index (χ4v) is 5.73. The lowest BCUT2D eigenvalue weighted by Crippen LogP contribution is -2.59. The first-order valence-corrected chi connectivity index (χ1v) is 12.4. The van der Waals surface area contributed by atoms with Crippen molar-refractivity contribution in [1.29, 1.82) is 0 Å². The largest absolute Gasteiger partial charge is 0.459 e. The van der Waals surface area contributed by atoms with E-state index in [1.165, 1.54) is 0 Å². The molecule has 2 saturated carbocycles. The summed E-state index contributed by atoms with van der Waals surface area (Å²) >= 11 is 0. The van der Waals surface area contributed by atoms with E-state index in [0.29, 0.717) is 11.1 Å². The zero-order chi connectivity index (χ0) is 28.3. The van der Waals surface area contributed by atoms with E-state index in [9.17, 15) is 39.9 Å². The number of fused-ring (bicyclic) bond motifs is 3. The number of carbonyl (C=O) groups excluding carboxylic acids is 3. The number of esters is 2. The quantitative estimate of drug-likeness (QED) is 0.116. The van der Waals surface area contributed by atoms with Crippen molar-refractivity contribution >= 4 is 17.7 Å². The summed E-state index contributed by atoms with van der Waals surface area (Å²) < 4.78 is 22.6. The molecule has 0 amide bonds. The van der Waals surface area contributed by atoms with Gasteiger partial charge in [-0.15, -0.1) is 0 Å². The van der Waals surface area contributed by atoms with E-state index in [4.69, 9.17) is 18.9 Å². The third kappa shape index (κ3) is 4.64. The molecule has 2 aliphatic carbocycles. The molecule has 0 spiro atoms. The van der Waals surface area contributed by atoms with Gasteiger partial charge in [-0.2, -0.15) is 0 Å². The maximum absolute atomic E-state index is 12.7. The highest BCUT2D eigenvalue weighted by molar-refractivity contribution is 6.05. The monoisotopic (exact) mass is 538 g/mol. The van der Waals surface area contributed by atoms with Crippen molar-refractivity contribution in [1.82, 2.24) is 0 Å². The SMILES string of the molecule is C=C1C(=O)O[C@@H]2[C@H]3C(=C)[C@@H](O[C@@H]4O[C@H](CO)[C@@H](O)[C@H](O)[C@H]4O)C[C@H]3C(=C)C[C@@H](OC(=O)[C@@](C)(O)C(C)=O)[C@@H]12. The molecule has 0 unspecified atom stereocenters. The minimum absolute atomic E-state index is 0.0646. The first-order chi connectivity index (χ1) is 17.7. The van der Waals surface area contributed by atoms with Gasteiger partial charge in [0.25, 0.3) is 0 Å². The summed E-state index contributed by atoms with van der Waals surface area (Å²) in [4.78, 5) is 37.0. The fourth-order valence-electron chi connectivity index (χ4n) is 5.73. The van der Waals surface area contributed by atoms with Crippen molar-refractivity contribution in [2.75, 3.05) is 6.61 Å². The molecule has 0 radical (unpaired) electrons. The standard InChI is InChI=1S/C26H34O12/c1-9-6-15(37-25(33)26(5,34)12(4)28)18-11(3)23(32)38-22(18)17-10(2)14(7-13(9)17)35-24-21(31)20(30)19(29)16(8-27)36-24/h13-22,24,27,29-31,34H,1-3,6-8H2,4-5H3/t13-,14-,15+,16+,17-,18+,19+,20-,21+,22+,24+,26-/m0/s1. The molecule has 12 nitrogen and oxygen atoms in total. The molecule has 38 heavy (non-hydrogen) atoms. The van der Waals surface area contributed by atoms with Crippen LogP contribution in [0.4, 0.5) is 0 Å². The number of hydrogen-bond acceptors (Lipinski definition) is 12. The third-order valence-electron chi connectivity index (χ3n) is 8.24. The average Bonchev–Trinajstić information content (AvgIpc) is 3.29. The summed E-state index contributed by atoms with van der Waals surface area (Å²) in [5.41, 5.74) is -1.21. The van der Waals surface area contributed by atoms with E-state index >= 15 is 0 Å². The summed E-state index contributed by atoms with van der Waals surface area (Å²) in [6.45, 7) is 13.6. The lowest BCUT2D eigenvalue weighted by molar-refractivity contribution is -0.308. The van der Waals surface area contributed by atoms with Crippen LogP contribution >= 0.6 is 0 Å². The number of aliphatic hydroxyl groups is 5. The smallest absolute Gasteiger partial charge is 0.345 e. The van der Waals surface area contributed by atoms with Crippen LogP contribution in [0.1, 0.15) is 26.7 Å². The second kappa shape index (κ2) is 10.3. The lowest BCUT2D eigenvalue weighted by Gasteiger charge is -2.40. The molecule has 5 N–H and O–H groups in total. The van der Waals surface area contributed by atoms with Gasteiger partial charge in [-0.05, 0) is 31.8 Å². The van der Waals surface area contributed by atoms with E-state index in [0.717, 1.165) is 13.8 Å². The van der Waals surface area contributed by atoms with Crippen molar-refractivity contribution in [3.8, 4) is 0 Å². The van der Waals surface area contributed by atoms with E-state index in [2.05, 4.69) is 19.7 Å². The summed E-state index contributed by atoms with van der Waals surface area (Å²) in [7, 11) is 0. The van der Waals surface area contributed by atoms with Gasteiger partial charge in [0.15, 0.2) is 12.1 Å². The van der Waals surface area contributed by atoms with E-state index in [1.54, 1.807) is 0 Å². The second-order valence-corrected chi connectivity index (χ2v) is 10.6. The van der Waals surface area contributed by atoms with Crippen LogP contribution in [0.3, 0.4) is 0 Å². The zero-order valence-electron chi connectivity index (χ0n) is 21.2. The van der Waals surface area contributed by atoms with Crippen LogP contribution in [0.15, 0.2) is 36.5 Å². The molecule has 0 aromatic carbocycles. The summed E-state index contributed by atoms with van der Waals surface area (Å²) in [5.74, 6) is -4.37. The van der Waals surface area contributed by atoms with Crippen LogP contribution in [-0.4, -0.2) is 104 Å². The van der Waals surface area contributed by atoms with Gasteiger partial charge in [0, 0.05) is 17.9 Å². The van der Waals surface area contributed by atoms with Gasteiger partial charge in [0.1, 0.15) is 36.6 Å². The molecule has 0 aromatic rings. The second-order valence-electron chi connectivity index (χ2n) is 10.6. The van der Waals surface area contributed by atoms with Crippen molar-refractivity contribution in [2.24, 2.45) is 17.8 Å². The van der Waals surface area contributed by atoms with Gasteiger partial charge in [0.2, 0.25) is 5.60 Å². The minimum Gasteiger partial charge on any atom is -0.459 e. The van der Waals surface area contributed by atoms with Crippen molar-refractivity contribution in [3.63, 3.8) is 0 Å². The van der Waals surface area contributed by atoms with Gasteiger partial charge in [-0.3, -0.25) is 4.79 Å². The molecular weight excluding hydrogens is 504 g/mol. The molecule has 12 heteroatoms. The Morgan fingerprint density at radius 3 is 2.37 bits per heavy atom. The molecule has 4 fully saturated rings. The molecule has 4 rings (SSSR count). The van der Waals surface area contributed by atoms with E-state index < -0.39 is 90.8 Å². The predicted molar refractivity (Wildman–Crippen MR) is 127 cm³/mol. The topological polar surface area (TPSA) is 189 Å². The Bertz CT molecular complexity index is 1050. The Kier molecular flexibility index (Phi) is 7.71. The number of hydrogen-bond donors (Lipinski definition) is 5. The first kappa shape index (κ1) is 28.6. The van der Waals surface area contributed by atoms with Crippen LogP contribution in [0.5, 0.6) is 0 Å². The van der Waals surface area contributed by atoms with Crippen LogP contribution in [0, 0.1) is 17.8 Å². The van der Waals surface area contributed by atoms with Gasteiger partial charge >= 0.3 is 11.9 Å². The molecule has 210 valence electrons. The maximum Gasteiger partial charge on any atom is 0.345 e. The van der Waals surface area contributed by atoms with Crippen LogP contribution in [0.25, 0.3) is 0 Å². The Morgan fingerprint density at radius 2 is 1.76 bits per heavy atom. The minimum atomic E-state index is -2.38. The van der Waals surface area contributed by atoms with Crippen molar-refractivity contribution in [2.45, 2.75) is 81.3 Å². The number of aliphatic hydroxyl groups excluding tert-OH is 4. The first-order valence-electron chi connectivity index (χ1n) is 12.4. The molecule has 0 bridgehead atoms. The normalized spacial score (nSPS) is 42.6. The molecule has 4 aliphatic rings. The molecular formula is C26H34O12. The van der Waals surface area contributed by atoms with Gasteiger partial charge in [0.05, 0.1) is 18.6 Å². The van der Waals surface area contributed by atoms with Crippen LogP contribution < -0.4 is 0 Å². The Hall–Kier alpha value is -2.45. The van der Waals surface area contributed by atoms with E-state index in [-0.39, 0.29) is 24.3 Å². The molecule has 2 aliphatic heterocycles. The lowest BCUT2D eigenvalue weighted by atomic mass is 9.81. The highest BCUT2D eigenvalue weighted by Crippen LogP contribution is 2.53. The fraction of sp³-hybridized carbons (Fsp3) is 0.654. The summed E-state index contributed by atoms with van der Waals surface area (Å²) in [5, 5.41) is 50.3. The van der Waals surface area contributed by atoms with Gasteiger partial charge in [-0.25, -0.2) is 9.59 Å². The molecule has 2 heterocycles. The highest BCUT2D eigenvalue weighted by Gasteiger charge is 2.58. The van der Waals surface area contributed by atoms with Gasteiger partial charge < -0.3 is 44.5 Å². The molecule has 12 atom stereocenters. The predicted octanol–water partition coefficient (Wildman–Crippen LogP) is -1.33. The van der Waals surface area contributed by atoms with Crippen LogP contribution in [0.2, 0.25) is 0 Å². The summed E-state index contributed by atoms with van der Waals surface area (Å²) in [6, 6.07) is 0. The van der Waals surface area contributed by atoms with Crippen molar-refractivity contribution in [3.05, 3.63) is 36.5 Å².